The van der Waals surface area contributed by atoms with Crippen LogP contribution in [0.4, 0.5) is 0 Å². The van der Waals surface area contributed by atoms with Crippen molar-refractivity contribution in [1.29, 1.82) is 0 Å². The first-order valence-corrected chi connectivity index (χ1v) is 5.01. The Kier molecular flexibility index (Phi) is 3.52. The van der Waals surface area contributed by atoms with Crippen LogP contribution in [0.5, 0.6) is 0 Å². The maximum atomic E-state index is 11.0. The van der Waals surface area contributed by atoms with E-state index in [1.807, 2.05) is 25.4 Å². The molecule has 1 unspecified atom stereocenters. The van der Waals surface area contributed by atoms with Gasteiger partial charge in [-0.1, -0.05) is 0 Å². The number of carbonyl (C=O) groups is 1. The number of rotatable bonds is 5. The van der Waals surface area contributed by atoms with E-state index in [-0.39, 0.29) is 6.04 Å². The molecule has 1 aromatic heterocycles. The van der Waals surface area contributed by atoms with Crippen molar-refractivity contribution in [2.75, 3.05) is 7.05 Å². The van der Waals surface area contributed by atoms with Gasteiger partial charge < -0.3 is 15.4 Å². The summed E-state index contributed by atoms with van der Waals surface area (Å²) in [5, 5.41) is 12.2. The van der Waals surface area contributed by atoms with E-state index in [1.54, 1.807) is 13.8 Å². The standard InChI is InChI=1S/C11H18N2O2/c1-11(2,10(14)15)7-9(12-3)8-5-4-6-13-8/h4-6,9,12-13H,7H2,1-3H3,(H,14,15). The Hall–Kier alpha value is -1.29. The zero-order valence-corrected chi connectivity index (χ0v) is 9.37. The molecule has 84 valence electrons. The van der Waals surface area contributed by atoms with E-state index in [4.69, 9.17) is 5.11 Å². The lowest BCUT2D eigenvalue weighted by molar-refractivity contribution is -0.147. The van der Waals surface area contributed by atoms with Crippen LogP contribution in [0.1, 0.15) is 32.0 Å². The lowest BCUT2D eigenvalue weighted by atomic mass is 9.85. The van der Waals surface area contributed by atoms with E-state index in [2.05, 4.69) is 10.3 Å². The molecule has 0 fully saturated rings. The fourth-order valence-electron chi connectivity index (χ4n) is 1.53. The van der Waals surface area contributed by atoms with Gasteiger partial charge in [-0.05, 0) is 39.4 Å². The second kappa shape index (κ2) is 4.49. The van der Waals surface area contributed by atoms with Crippen molar-refractivity contribution in [3.63, 3.8) is 0 Å². The summed E-state index contributed by atoms with van der Waals surface area (Å²) < 4.78 is 0. The molecule has 4 heteroatoms. The van der Waals surface area contributed by atoms with Crippen molar-refractivity contribution >= 4 is 5.97 Å². The number of aliphatic carboxylic acids is 1. The normalized spacial score (nSPS) is 13.8. The molecule has 0 amide bonds. The number of aromatic nitrogens is 1. The van der Waals surface area contributed by atoms with E-state index in [9.17, 15) is 4.79 Å². The SMILES string of the molecule is CNC(CC(C)(C)C(=O)O)c1ccc[nH]1. The monoisotopic (exact) mass is 210 g/mol. The summed E-state index contributed by atoms with van der Waals surface area (Å²) in [6.07, 6.45) is 2.40. The van der Waals surface area contributed by atoms with Gasteiger partial charge in [0.2, 0.25) is 0 Å². The highest BCUT2D eigenvalue weighted by atomic mass is 16.4. The number of aromatic amines is 1. The lowest BCUT2D eigenvalue weighted by Crippen LogP contribution is -2.30. The van der Waals surface area contributed by atoms with Crippen LogP contribution in [0.2, 0.25) is 0 Å². The highest BCUT2D eigenvalue weighted by Gasteiger charge is 2.30. The molecule has 0 aromatic carbocycles. The largest absolute Gasteiger partial charge is 0.481 e. The van der Waals surface area contributed by atoms with Gasteiger partial charge in [0.25, 0.3) is 0 Å². The van der Waals surface area contributed by atoms with Crippen LogP contribution in [-0.4, -0.2) is 23.1 Å². The third-order valence-corrected chi connectivity index (χ3v) is 2.64. The summed E-state index contributed by atoms with van der Waals surface area (Å²) in [4.78, 5) is 14.1. The van der Waals surface area contributed by atoms with Crippen LogP contribution < -0.4 is 5.32 Å². The van der Waals surface area contributed by atoms with Gasteiger partial charge in [0.15, 0.2) is 0 Å². The summed E-state index contributed by atoms with van der Waals surface area (Å²) >= 11 is 0. The smallest absolute Gasteiger partial charge is 0.309 e. The summed E-state index contributed by atoms with van der Waals surface area (Å²) in [5.41, 5.74) is 0.297. The second-order valence-corrected chi connectivity index (χ2v) is 4.36. The van der Waals surface area contributed by atoms with E-state index in [0.29, 0.717) is 6.42 Å². The van der Waals surface area contributed by atoms with Crippen molar-refractivity contribution < 1.29 is 9.90 Å². The average molecular weight is 210 g/mol. The fourth-order valence-corrected chi connectivity index (χ4v) is 1.53. The van der Waals surface area contributed by atoms with Crippen LogP contribution in [-0.2, 0) is 4.79 Å². The van der Waals surface area contributed by atoms with Gasteiger partial charge in [0, 0.05) is 17.9 Å². The van der Waals surface area contributed by atoms with Gasteiger partial charge >= 0.3 is 5.97 Å². The highest BCUT2D eigenvalue weighted by Crippen LogP contribution is 2.29. The average Bonchev–Trinajstić information content (AvgIpc) is 2.66. The lowest BCUT2D eigenvalue weighted by Gasteiger charge is -2.25. The minimum absolute atomic E-state index is 0.0473. The fraction of sp³-hybridized carbons (Fsp3) is 0.545. The van der Waals surface area contributed by atoms with Gasteiger partial charge in [-0.2, -0.15) is 0 Å². The van der Waals surface area contributed by atoms with E-state index in [1.165, 1.54) is 0 Å². The summed E-state index contributed by atoms with van der Waals surface area (Å²) in [7, 11) is 1.84. The molecule has 4 nitrogen and oxygen atoms in total. The molecule has 1 rings (SSSR count). The minimum atomic E-state index is -0.769. The predicted octanol–water partition coefficient (Wildman–Crippen LogP) is 1.78. The molecule has 1 atom stereocenters. The Morgan fingerprint density at radius 1 is 1.67 bits per heavy atom. The first-order chi connectivity index (χ1) is 6.97. The predicted molar refractivity (Wildman–Crippen MR) is 58.6 cm³/mol. The molecule has 0 aliphatic carbocycles. The van der Waals surface area contributed by atoms with Crippen molar-refractivity contribution in [3.05, 3.63) is 24.0 Å². The molecule has 0 saturated heterocycles. The number of carboxylic acid groups (broad SMARTS) is 1. The third kappa shape index (κ3) is 2.83. The molecular formula is C11H18N2O2. The molecule has 3 N–H and O–H groups in total. The zero-order valence-electron chi connectivity index (χ0n) is 9.37. The van der Waals surface area contributed by atoms with Crippen molar-refractivity contribution in [1.82, 2.24) is 10.3 Å². The molecular weight excluding hydrogens is 192 g/mol. The Balaban J connectivity index is 2.74. The number of nitrogens with one attached hydrogen (secondary N) is 2. The Morgan fingerprint density at radius 3 is 2.73 bits per heavy atom. The third-order valence-electron chi connectivity index (χ3n) is 2.64. The van der Waals surface area contributed by atoms with Gasteiger partial charge in [-0.3, -0.25) is 4.79 Å². The Bertz CT molecular complexity index is 317. The van der Waals surface area contributed by atoms with Gasteiger partial charge in [0.1, 0.15) is 0 Å². The molecule has 0 radical (unpaired) electrons. The number of hydrogen-bond donors (Lipinski definition) is 3. The van der Waals surface area contributed by atoms with Crippen molar-refractivity contribution in [2.24, 2.45) is 5.41 Å². The van der Waals surface area contributed by atoms with Crippen LogP contribution >= 0.6 is 0 Å². The minimum Gasteiger partial charge on any atom is -0.481 e. The zero-order chi connectivity index (χ0) is 11.5. The first kappa shape index (κ1) is 11.8. The summed E-state index contributed by atoms with van der Waals surface area (Å²) in [6.45, 7) is 3.48. The van der Waals surface area contributed by atoms with E-state index < -0.39 is 11.4 Å². The summed E-state index contributed by atoms with van der Waals surface area (Å²) in [5.74, 6) is -0.769. The summed E-state index contributed by atoms with van der Waals surface area (Å²) in [6, 6.07) is 3.91. The van der Waals surface area contributed by atoms with E-state index >= 15 is 0 Å². The van der Waals surface area contributed by atoms with Crippen LogP contribution in [0.3, 0.4) is 0 Å². The molecule has 15 heavy (non-hydrogen) atoms. The highest BCUT2D eigenvalue weighted by molar-refractivity contribution is 5.73. The molecule has 1 aromatic rings. The van der Waals surface area contributed by atoms with Crippen LogP contribution in [0.25, 0.3) is 0 Å². The molecule has 0 bridgehead atoms. The molecule has 1 heterocycles. The Labute approximate surface area is 89.7 Å². The van der Waals surface area contributed by atoms with Crippen LogP contribution in [0.15, 0.2) is 18.3 Å². The number of carboxylic acids is 1. The molecule has 0 aliphatic rings. The topological polar surface area (TPSA) is 65.1 Å². The van der Waals surface area contributed by atoms with Gasteiger partial charge in [-0.25, -0.2) is 0 Å². The Morgan fingerprint density at radius 2 is 2.33 bits per heavy atom. The number of H-pyrrole nitrogens is 1. The number of hydrogen-bond acceptors (Lipinski definition) is 2. The van der Waals surface area contributed by atoms with Crippen molar-refractivity contribution in [2.45, 2.75) is 26.3 Å². The molecule has 0 spiro atoms. The van der Waals surface area contributed by atoms with Gasteiger partial charge in [0.05, 0.1) is 5.41 Å². The maximum Gasteiger partial charge on any atom is 0.309 e. The maximum absolute atomic E-state index is 11.0. The van der Waals surface area contributed by atoms with Crippen molar-refractivity contribution in [3.8, 4) is 0 Å². The molecule has 0 saturated carbocycles. The quantitative estimate of drug-likeness (QED) is 0.694. The van der Waals surface area contributed by atoms with Gasteiger partial charge in [-0.15, -0.1) is 0 Å². The van der Waals surface area contributed by atoms with E-state index in [0.717, 1.165) is 5.69 Å². The molecule has 0 aliphatic heterocycles. The first-order valence-electron chi connectivity index (χ1n) is 5.01. The second-order valence-electron chi connectivity index (χ2n) is 4.36. The van der Waals surface area contributed by atoms with Crippen LogP contribution in [0, 0.1) is 5.41 Å².